The molecule has 0 atom stereocenters. The molecule has 54 valence electrons. The van der Waals surface area contributed by atoms with Crippen molar-refractivity contribution in [2.75, 3.05) is 0 Å². The zero-order chi connectivity index (χ0) is 7.56. The van der Waals surface area contributed by atoms with Crippen LogP contribution in [0, 0.1) is 13.8 Å². The topological polar surface area (TPSA) is 28.7 Å². The van der Waals surface area contributed by atoms with Crippen molar-refractivity contribution in [1.82, 2.24) is 9.97 Å². The number of hydrogen-bond acceptors (Lipinski definition) is 1. The van der Waals surface area contributed by atoms with Crippen LogP contribution in [0.4, 0.5) is 0 Å². The molecule has 0 radical (unpaired) electrons. The van der Waals surface area contributed by atoms with Gasteiger partial charge < -0.3 is 4.98 Å². The van der Waals surface area contributed by atoms with Gasteiger partial charge in [-0.15, -0.1) is 0 Å². The highest BCUT2D eigenvalue weighted by atomic mass is 14.9. The number of imidazole rings is 1. The lowest BCUT2D eigenvalue weighted by Gasteiger charge is -1.80. The van der Waals surface area contributed by atoms with Crippen LogP contribution in [-0.2, 0) is 0 Å². The van der Waals surface area contributed by atoms with Gasteiger partial charge in [-0.2, -0.15) is 0 Å². The van der Waals surface area contributed by atoms with Crippen molar-refractivity contribution in [3.63, 3.8) is 0 Å². The maximum absolute atomic E-state index is 4.26. The summed E-state index contributed by atoms with van der Waals surface area (Å²) in [5.41, 5.74) is 2.22. The van der Waals surface area contributed by atoms with Crippen molar-refractivity contribution in [2.24, 2.45) is 0 Å². The number of hydrogen-bond donors (Lipinski definition) is 1. The summed E-state index contributed by atoms with van der Waals surface area (Å²) in [6.45, 7) is 6.00. The summed E-state index contributed by atoms with van der Waals surface area (Å²) >= 11 is 0. The molecular formula is C8H12N2. The monoisotopic (exact) mass is 136 g/mol. The highest BCUT2D eigenvalue weighted by molar-refractivity contribution is 5.40. The first-order chi connectivity index (χ1) is 4.74. The first-order valence-corrected chi connectivity index (χ1v) is 3.40. The quantitative estimate of drug-likeness (QED) is 0.629. The minimum Gasteiger partial charge on any atom is -0.342 e. The van der Waals surface area contributed by atoms with Crippen LogP contribution in [0.1, 0.15) is 24.1 Å². The van der Waals surface area contributed by atoms with E-state index in [0.717, 1.165) is 17.2 Å². The first kappa shape index (κ1) is 7.06. The van der Waals surface area contributed by atoms with Crippen LogP contribution in [0.2, 0.25) is 0 Å². The second-order valence-electron chi connectivity index (χ2n) is 2.33. The normalized spacial score (nSPS) is 11.1. The second kappa shape index (κ2) is 2.69. The Labute approximate surface area is 61.0 Å². The van der Waals surface area contributed by atoms with E-state index in [1.807, 2.05) is 32.9 Å². The Morgan fingerprint density at radius 2 is 2.10 bits per heavy atom. The molecule has 0 bridgehead atoms. The zero-order valence-corrected chi connectivity index (χ0v) is 6.60. The molecule has 1 aromatic heterocycles. The third-order valence-electron chi connectivity index (χ3n) is 1.47. The van der Waals surface area contributed by atoms with Crippen LogP contribution in [0.25, 0.3) is 6.08 Å². The van der Waals surface area contributed by atoms with Crippen molar-refractivity contribution in [3.8, 4) is 0 Å². The van der Waals surface area contributed by atoms with Gasteiger partial charge in [0.15, 0.2) is 0 Å². The van der Waals surface area contributed by atoms with Gasteiger partial charge in [0.1, 0.15) is 5.82 Å². The fourth-order valence-corrected chi connectivity index (χ4v) is 0.812. The standard InChI is InChI=1S/C8H12N2/c1-4-5-8-9-6(2)7(3)10-8/h4-5H,1-3H3,(H,9,10). The van der Waals surface area contributed by atoms with Crippen LogP contribution in [-0.4, -0.2) is 9.97 Å². The fraction of sp³-hybridized carbons (Fsp3) is 0.375. The Kier molecular flexibility index (Phi) is 1.90. The zero-order valence-electron chi connectivity index (χ0n) is 6.60. The maximum atomic E-state index is 4.26. The molecule has 10 heavy (non-hydrogen) atoms. The number of nitrogens with one attached hydrogen (secondary N) is 1. The van der Waals surface area contributed by atoms with Gasteiger partial charge in [0.25, 0.3) is 0 Å². The summed E-state index contributed by atoms with van der Waals surface area (Å²) in [6, 6.07) is 0. The van der Waals surface area contributed by atoms with E-state index in [4.69, 9.17) is 0 Å². The second-order valence-corrected chi connectivity index (χ2v) is 2.33. The Balaban J connectivity index is 2.98. The Bertz CT molecular complexity index is 226. The largest absolute Gasteiger partial charge is 0.342 e. The Morgan fingerprint density at radius 3 is 2.50 bits per heavy atom. The minimum atomic E-state index is 0.942. The number of allylic oxidation sites excluding steroid dienone is 1. The smallest absolute Gasteiger partial charge is 0.130 e. The van der Waals surface area contributed by atoms with Crippen molar-refractivity contribution in [3.05, 3.63) is 23.3 Å². The molecular weight excluding hydrogens is 124 g/mol. The molecule has 0 aliphatic rings. The molecule has 2 heteroatoms. The Hall–Kier alpha value is -1.05. The summed E-state index contributed by atoms with van der Waals surface area (Å²) in [5.74, 6) is 0.942. The molecule has 1 aromatic rings. The number of aryl methyl sites for hydroxylation is 2. The number of nitrogens with zero attached hydrogens (tertiary/aromatic N) is 1. The molecule has 2 nitrogen and oxygen atoms in total. The third kappa shape index (κ3) is 1.26. The molecule has 1 heterocycles. The predicted molar refractivity (Wildman–Crippen MR) is 42.8 cm³/mol. The fourth-order valence-electron chi connectivity index (χ4n) is 0.812. The minimum absolute atomic E-state index is 0.942. The van der Waals surface area contributed by atoms with E-state index in [-0.39, 0.29) is 0 Å². The molecule has 0 aliphatic heterocycles. The summed E-state index contributed by atoms with van der Waals surface area (Å²) in [7, 11) is 0. The highest BCUT2D eigenvalue weighted by Gasteiger charge is 1.96. The van der Waals surface area contributed by atoms with E-state index in [0.29, 0.717) is 0 Å². The molecule has 1 N–H and O–H groups in total. The van der Waals surface area contributed by atoms with Crippen LogP contribution in [0.15, 0.2) is 6.08 Å². The molecule has 0 aliphatic carbocycles. The molecule has 0 unspecified atom stereocenters. The lowest BCUT2D eigenvalue weighted by molar-refractivity contribution is 1.22. The van der Waals surface area contributed by atoms with E-state index in [9.17, 15) is 0 Å². The molecule has 0 amide bonds. The Morgan fingerprint density at radius 1 is 1.40 bits per heavy atom. The SMILES string of the molecule is CC=Cc1nc(C)c(C)[nH]1. The van der Waals surface area contributed by atoms with Gasteiger partial charge in [0.2, 0.25) is 0 Å². The molecule has 0 spiro atoms. The van der Waals surface area contributed by atoms with Crippen molar-refractivity contribution >= 4 is 6.08 Å². The van der Waals surface area contributed by atoms with Crippen molar-refractivity contribution in [1.29, 1.82) is 0 Å². The van der Waals surface area contributed by atoms with E-state index in [1.165, 1.54) is 0 Å². The van der Waals surface area contributed by atoms with Crippen LogP contribution in [0.5, 0.6) is 0 Å². The molecule has 0 fully saturated rings. The number of aromatic amines is 1. The van der Waals surface area contributed by atoms with Crippen LogP contribution < -0.4 is 0 Å². The molecule has 1 rings (SSSR count). The molecule has 0 saturated heterocycles. The van der Waals surface area contributed by atoms with Gasteiger partial charge in [-0.05, 0) is 26.8 Å². The average Bonchev–Trinajstić information content (AvgIpc) is 2.14. The van der Waals surface area contributed by atoms with Gasteiger partial charge in [-0.3, -0.25) is 0 Å². The van der Waals surface area contributed by atoms with E-state index < -0.39 is 0 Å². The van der Waals surface area contributed by atoms with Crippen molar-refractivity contribution < 1.29 is 0 Å². The number of aromatic nitrogens is 2. The van der Waals surface area contributed by atoms with Crippen LogP contribution in [0.3, 0.4) is 0 Å². The molecule has 0 saturated carbocycles. The van der Waals surface area contributed by atoms with E-state index in [1.54, 1.807) is 0 Å². The lowest BCUT2D eigenvalue weighted by Crippen LogP contribution is -1.72. The number of H-pyrrole nitrogens is 1. The molecule has 0 aromatic carbocycles. The summed E-state index contributed by atoms with van der Waals surface area (Å²) < 4.78 is 0. The maximum Gasteiger partial charge on any atom is 0.130 e. The van der Waals surface area contributed by atoms with E-state index >= 15 is 0 Å². The van der Waals surface area contributed by atoms with Gasteiger partial charge in [0.05, 0.1) is 5.69 Å². The predicted octanol–water partition coefficient (Wildman–Crippen LogP) is 2.06. The van der Waals surface area contributed by atoms with Gasteiger partial charge in [-0.25, -0.2) is 4.98 Å². The highest BCUT2D eigenvalue weighted by Crippen LogP contribution is 2.03. The van der Waals surface area contributed by atoms with Gasteiger partial charge in [0, 0.05) is 5.69 Å². The van der Waals surface area contributed by atoms with Gasteiger partial charge in [-0.1, -0.05) is 6.08 Å². The average molecular weight is 136 g/mol. The van der Waals surface area contributed by atoms with Crippen molar-refractivity contribution in [2.45, 2.75) is 20.8 Å². The summed E-state index contributed by atoms with van der Waals surface area (Å²) in [4.78, 5) is 7.40. The first-order valence-electron chi connectivity index (χ1n) is 3.40. The van der Waals surface area contributed by atoms with Gasteiger partial charge >= 0.3 is 0 Å². The number of rotatable bonds is 1. The third-order valence-corrected chi connectivity index (χ3v) is 1.47. The van der Waals surface area contributed by atoms with E-state index in [2.05, 4.69) is 9.97 Å². The lowest BCUT2D eigenvalue weighted by atomic mass is 10.4. The van der Waals surface area contributed by atoms with Crippen LogP contribution >= 0.6 is 0 Å². The summed E-state index contributed by atoms with van der Waals surface area (Å²) in [6.07, 6.45) is 3.93. The summed E-state index contributed by atoms with van der Waals surface area (Å²) in [5, 5.41) is 0.